The lowest BCUT2D eigenvalue weighted by atomic mass is 10.1. The lowest BCUT2D eigenvalue weighted by molar-refractivity contribution is 0.787. The van der Waals surface area contributed by atoms with Gasteiger partial charge in [-0.05, 0) is 30.9 Å². The molecule has 0 saturated heterocycles. The van der Waals surface area contributed by atoms with Crippen molar-refractivity contribution < 1.29 is 0 Å². The lowest BCUT2D eigenvalue weighted by Gasteiger charge is -2.12. The van der Waals surface area contributed by atoms with E-state index in [4.69, 9.17) is 22.9 Å². The summed E-state index contributed by atoms with van der Waals surface area (Å²) in [6.45, 7) is 0.716. The highest BCUT2D eigenvalue weighted by molar-refractivity contribution is 7.80. The number of nitrogens with one attached hydrogen (secondary N) is 1. The van der Waals surface area contributed by atoms with Crippen LogP contribution in [0.15, 0.2) is 12.4 Å². The zero-order valence-electron chi connectivity index (χ0n) is 12.0. The molecule has 6 nitrogen and oxygen atoms in total. The summed E-state index contributed by atoms with van der Waals surface area (Å²) in [5, 5.41) is 11.3. The molecule has 0 saturated carbocycles. The van der Waals surface area contributed by atoms with Crippen LogP contribution in [0.3, 0.4) is 0 Å². The molecule has 0 unspecified atom stereocenters. The Labute approximate surface area is 128 Å². The molecule has 7 heteroatoms. The molecule has 1 aliphatic rings. The molecule has 3 N–H and O–H groups in total. The van der Waals surface area contributed by atoms with Crippen molar-refractivity contribution in [3.63, 3.8) is 0 Å². The van der Waals surface area contributed by atoms with E-state index in [1.54, 1.807) is 6.33 Å². The Kier molecular flexibility index (Phi) is 3.83. The van der Waals surface area contributed by atoms with E-state index in [1.807, 2.05) is 11.6 Å². The fraction of sp³-hybridized carbons (Fsp3) is 0.429. The smallest absolute Gasteiger partial charge is 0.136 e. The molecule has 0 fully saturated rings. The van der Waals surface area contributed by atoms with Crippen LogP contribution in [0.4, 0.5) is 5.82 Å². The van der Waals surface area contributed by atoms with E-state index in [0.717, 1.165) is 48.6 Å². The molecule has 0 radical (unpaired) electrons. The highest BCUT2D eigenvalue weighted by atomic mass is 32.1. The fourth-order valence-electron chi connectivity index (χ4n) is 2.62. The maximum absolute atomic E-state index is 5.82. The Morgan fingerprint density at radius 2 is 2.33 bits per heavy atom. The molecule has 2 heterocycles. The van der Waals surface area contributed by atoms with Gasteiger partial charge in [0.2, 0.25) is 0 Å². The predicted molar refractivity (Wildman–Crippen MR) is 85.3 cm³/mol. The van der Waals surface area contributed by atoms with Crippen LogP contribution in [0, 0.1) is 0 Å². The van der Waals surface area contributed by atoms with Gasteiger partial charge in [0.15, 0.2) is 0 Å². The first-order valence-corrected chi connectivity index (χ1v) is 7.45. The number of pyridine rings is 1. The number of hydrogen-bond acceptors (Lipinski definition) is 5. The van der Waals surface area contributed by atoms with E-state index in [-0.39, 0.29) is 0 Å². The first-order chi connectivity index (χ1) is 10.1. The Balaban J connectivity index is 1.75. The van der Waals surface area contributed by atoms with E-state index >= 15 is 0 Å². The number of aromatic nitrogens is 4. The van der Waals surface area contributed by atoms with Gasteiger partial charge >= 0.3 is 0 Å². The summed E-state index contributed by atoms with van der Waals surface area (Å²) < 4.78 is 1.91. The molecule has 0 amide bonds. The monoisotopic (exact) mass is 302 g/mol. The fourth-order valence-corrected chi connectivity index (χ4v) is 2.78. The quantitative estimate of drug-likeness (QED) is 0.802. The van der Waals surface area contributed by atoms with Crippen LogP contribution in [0.1, 0.15) is 29.1 Å². The summed E-state index contributed by atoms with van der Waals surface area (Å²) in [5.74, 6) is 1.71. The van der Waals surface area contributed by atoms with Crippen molar-refractivity contribution in [3.05, 3.63) is 35.0 Å². The van der Waals surface area contributed by atoms with Crippen LogP contribution in [0.2, 0.25) is 0 Å². The average Bonchev–Trinajstić information content (AvgIpc) is 3.06. The highest BCUT2D eigenvalue weighted by Gasteiger charge is 2.17. The minimum atomic E-state index is 0.387. The van der Waals surface area contributed by atoms with Crippen LogP contribution in [-0.2, 0) is 26.3 Å². The van der Waals surface area contributed by atoms with Gasteiger partial charge in [-0.1, -0.05) is 12.2 Å². The number of nitrogens with zero attached hydrogens (tertiary/aromatic N) is 4. The topological polar surface area (TPSA) is 81.7 Å². The third kappa shape index (κ3) is 2.87. The molecule has 1 aliphatic carbocycles. The molecular formula is C14H18N6S. The van der Waals surface area contributed by atoms with Gasteiger partial charge < -0.3 is 15.6 Å². The van der Waals surface area contributed by atoms with Crippen LogP contribution in [0.25, 0.3) is 0 Å². The van der Waals surface area contributed by atoms with E-state index in [2.05, 4.69) is 21.6 Å². The number of fused-ring (bicyclic) bond motifs is 1. The Morgan fingerprint density at radius 3 is 3.05 bits per heavy atom. The molecule has 0 aliphatic heterocycles. The summed E-state index contributed by atoms with van der Waals surface area (Å²) in [5.41, 5.74) is 9.10. The number of rotatable bonds is 5. The van der Waals surface area contributed by atoms with Gasteiger partial charge in [-0.15, -0.1) is 10.2 Å². The standard InChI is InChI=1S/C14H18N6S/c1-20-8-17-19-12(20)5-6-16-14-10(13(15)21)7-9-3-2-4-11(9)18-14/h7-8H,2-6H2,1H3,(H2,15,21)(H,16,18). The molecule has 21 heavy (non-hydrogen) atoms. The number of nitrogens with two attached hydrogens (primary N) is 1. The molecular weight excluding hydrogens is 284 g/mol. The second-order valence-corrected chi connectivity index (χ2v) is 5.68. The normalized spacial score (nSPS) is 13.2. The van der Waals surface area contributed by atoms with Gasteiger partial charge in [0.25, 0.3) is 0 Å². The van der Waals surface area contributed by atoms with Gasteiger partial charge in [-0.2, -0.15) is 0 Å². The van der Waals surface area contributed by atoms with Crippen molar-refractivity contribution in [1.82, 2.24) is 19.7 Å². The highest BCUT2D eigenvalue weighted by Crippen LogP contribution is 2.25. The van der Waals surface area contributed by atoms with Gasteiger partial charge in [0.1, 0.15) is 23.0 Å². The van der Waals surface area contributed by atoms with Crippen molar-refractivity contribution >= 4 is 23.0 Å². The van der Waals surface area contributed by atoms with Crippen molar-refractivity contribution in [3.8, 4) is 0 Å². The molecule has 3 rings (SSSR count). The predicted octanol–water partition coefficient (Wildman–Crippen LogP) is 0.988. The lowest BCUT2D eigenvalue weighted by Crippen LogP contribution is -2.17. The maximum Gasteiger partial charge on any atom is 0.136 e. The molecule has 110 valence electrons. The molecule has 2 aromatic rings. The molecule has 0 spiro atoms. The molecule has 0 aromatic carbocycles. The van der Waals surface area contributed by atoms with Crippen LogP contribution in [0.5, 0.6) is 0 Å². The largest absolute Gasteiger partial charge is 0.389 e. The second kappa shape index (κ2) is 5.77. The number of hydrogen-bond donors (Lipinski definition) is 2. The summed E-state index contributed by atoms with van der Waals surface area (Å²) in [6, 6.07) is 2.09. The van der Waals surface area contributed by atoms with Crippen LogP contribution in [-0.4, -0.2) is 31.3 Å². The van der Waals surface area contributed by atoms with E-state index < -0.39 is 0 Å². The summed E-state index contributed by atoms with van der Waals surface area (Å²) in [7, 11) is 1.93. The first-order valence-electron chi connectivity index (χ1n) is 7.04. The molecule has 0 atom stereocenters. The molecule has 0 bridgehead atoms. The Hall–Kier alpha value is -2.02. The zero-order valence-corrected chi connectivity index (χ0v) is 12.8. The number of thiocarbonyl (C=S) groups is 1. The Morgan fingerprint density at radius 1 is 1.48 bits per heavy atom. The number of aryl methyl sites for hydroxylation is 3. The van der Waals surface area contributed by atoms with Gasteiger partial charge in [-0.25, -0.2) is 4.98 Å². The minimum Gasteiger partial charge on any atom is -0.389 e. The average molecular weight is 302 g/mol. The maximum atomic E-state index is 5.82. The van der Waals surface area contributed by atoms with Gasteiger partial charge in [0, 0.05) is 25.7 Å². The van der Waals surface area contributed by atoms with Crippen LogP contribution >= 0.6 is 12.2 Å². The SMILES string of the molecule is Cn1cnnc1CCNc1nc2c(cc1C(N)=S)CCC2. The minimum absolute atomic E-state index is 0.387. The van der Waals surface area contributed by atoms with Crippen molar-refractivity contribution in [1.29, 1.82) is 0 Å². The van der Waals surface area contributed by atoms with E-state index in [9.17, 15) is 0 Å². The Bertz CT molecular complexity index is 678. The summed E-state index contributed by atoms with van der Waals surface area (Å²) >= 11 is 5.14. The van der Waals surface area contributed by atoms with E-state index in [0.29, 0.717) is 11.5 Å². The first kappa shape index (κ1) is 13.9. The van der Waals surface area contributed by atoms with Crippen molar-refractivity contribution in [2.75, 3.05) is 11.9 Å². The second-order valence-electron chi connectivity index (χ2n) is 5.24. The van der Waals surface area contributed by atoms with Gasteiger partial charge in [0.05, 0.1) is 5.56 Å². The summed E-state index contributed by atoms with van der Waals surface area (Å²) in [4.78, 5) is 5.08. The van der Waals surface area contributed by atoms with Gasteiger partial charge in [-0.3, -0.25) is 0 Å². The zero-order chi connectivity index (χ0) is 14.8. The van der Waals surface area contributed by atoms with Crippen molar-refractivity contribution in [2.45, 2.75) is 25.7 Å². The molecule has 2 aromatic heterocycles. The van der Waals surface area contributed by atoms with E-state index in [1.165, 1.54) is 5.56 Å². The third-order valence-electron chi connectivity index (χ3n) is 3.76. The number of anilines is 1. The van der Waals surface area contributed by atoms with Crippen LogP contribution < -0.4 is 11.1 Å². The van der Waals surface area contributed by atoms with Crippen molar-refractivity contribution in [2.24, 2.45) is 12.8 Å². The summed E-state index contributed by atoms with van der Waals surface area (Å²) in [6.07, 6.45) is 5.72. The third-order valence-corrected chi connectivity index (χ3v) is 3.98.